The standard InChI is InChI=1S/C26H19F3N8O2/c1-14-2-3-17(33-24(38)20-11-16(4-6-30-20)26(27,28)29)12-18(14)19-10-15-13-32-25(34-21-5-9-39-36-21)35-22(15)37-8-7-31-23(19)37/h2-6,9-13,31H,7-8H2,1H3,(H,33,38). The third-order valence-electron chi connectivity index (χ3n) is 6.24. The molecule has 13 heteroatoms. The highest BCUT2D eigenvalue weighted by molar-refractivity contribution is 6.03. The van der Waals surface area contributed by atoms with Gasteiger partial charge in [-0.25, -0.2) is 4.98 Å². The molecular weight excluding hydrogens is 513 g/mol. The summed E-state index contributed by atoms with van der Waals surface area (Å²) in [4.78, 5) is 29.8. The summed E-state index contributed by atoms with van der Waals surface area (Å²) in [5, 5.41) is 9.83. The Morgan fingerprint density at radius 1 is 1.13 bits per heavy atom. The molecule has 0 atom stereocenters. The number of anilines is 2. The zero-order chi connectivity index (χ0) is 27.1. The number of aryl methyl sites for hydroxylation is 1. The number of carbonyl (C=O) groups excluding carboxylic acids is 1. The van der Waals surface area contributed by atoms with Crippen LogP contribution in [0.3, 0.4) is 0 Å². The number of nitrogens with one attached hydrogen (secondary N) is 2. The largest absolute Gasteiger partial charge is 0.416 e. The predicted molar refractivity (Wildman–Crippen MR) is 134 cm³/mol. The molecule has 0 fully saturated rings. The number of halogens is 3. The molecule has 0 bridgehead atoms. The molecule has 196 valence electrons. The van der Waals surface area contributed by atoms with Crippen LogP contribution < -0.4 is 16.3 Å². The first-order valence-corrected chi connectivity index (χ1v) is 11.8. The van der Waals surface area contributed by atoms with Gasteiger partial charge in [0, 0.05) is 48.4 Å². The number of aromatic nitrogens is 5. The molecule has 3 aliphatic heterocycles. The highest BCUT2D eigenvalue weighted by Crippen LogP contribution is 2.39. The summed E-state index contributed by atoms with van der Waals surface area (Å²) in [6, 6.07) is 10.4. The SMILES string of the molecule is Cc1ccc(NC(=O)c2cc(C(F)(F)F)ccn2)cc1-c1cc2cnc(=Nc3ccon3)nc-2n2c1NCC2. The fourth-order valence-electron chi connectivity index (χ4n) is 4.40. The van der Waals surface area contributed by atoms with Crippen molar-refractivity contribution in [1.82, 2.24) is 24.7 Å². The molecule has 5 heterocycles. The number of fused-ring (bicyclic) bond motifs is 3. The minimum atomic E-state index is -4.58. The van der Waals surface area contributed by atoms with Gasteiger partial charge in [-0.3, -0.25) is 9.78 Å². The molecule has 39 heavy (non-hydrogen) atoms. The summed E-state index contributed by atoms with van der Waals surface area (Å²) in [6.45, 7) is 3.28. The van der Waals surface area contributed by atoms with Gasteiger partial charge in [0.2, 0.25) is 0 Å². The predicted octanol–water partition coefficient (Wildman–Crippen LogP) is 4.67. The van der Waals surface area contributed by atoms with Gasteiger partial charge in [0.15, 0.2) is 5.82 Å². The Hall–Kier alpha value is -5.07. The van der Waals surface area contributed by atoms with E-state index in [9.17, 15) is 18.0 Å². The van der Waals surface area contributed by atoms with Crippen LogP contribution in [-0.2, 0) is 12.7 Å². The number of rotatable bonds is 4. The van der Waals surface area contributed by atoms with Gasteiger partial charge in [0.1, 0.15) is 23.6 Å². The number of hydrogen-bond acceptors (Lipinski definition) is 8. The fraction of sp³-hybridized carbons (Fsp3) is 0.154. The molecule has 10 nitrogen and oxygen atoms in total. The van der Waals surface area contributed by atoms with E-state index in [2.05, 4.69) is 35.7 Å². The van der Waals surface area contributed by atoms with Crippen LogP contribution in [-0.4, -0.2) is 37.1 Å². The van der Waals surface area contributed by atoms with Crippen molar-refractivity contribution in [3.63, 3.8) is 0 Å². The van der Waals surface area contributed by atoms with Crippen molar-refractivity contribution in [2.45, 2.75) is 19.6 Å². The van der Waals surface area contributed by atoms with Crippen molar-refractivity contribution < 1.29 is 22.5 Å². The first-order valence-electron chi connectivity index (χ1n) is 11.8. The van der Waals surface area contributed by atoms with Gasteiger partial charge >= 0.3 is 6.18 Å². The number of amides is 1. The molecule has 0 aliphatic carbocycles. The lowest BCUT2D eigenvalue weighted by molar-refractivity contribution is -0.137. The van der Waals surface area contributed by atoms with Gasteiger partial charge < -0.3 is 19.7 Å². The van der Waals surface area contributed by atoms with Crippen LogP contribution in [0.15, 0.2) is 70.6 Å². The van der Waals surface area contributed by atoms with Gasteiger partial charge in [-0.2, -0.15) is 23.1 Å². The second-order valence-electron chi connectivity index (χ2n) is 8.81. The molecular formula is C26H19F3N8O2. The van der Waals surface area contributed by atoms with Gasteiger partial charge in [0.25, 0.3) is 11.5 Å². The van der Waals surface area contributed by atoms with Gasteiger partial charge in [-0.05, 0) is 48.4 Å². The summed E-state index contributed by atoms with van der Waals surface area (Å²) < 4.78 is 46.1. The van der Waals surface area contributed by atoms with Crippen LogP contribution in [0.4, 0.5) is 30.5 Å². The summed E-state index contributed by atoms with van der Waals surface area (Å²) in [5.41, 5.74) is 2.76. The Labute approximate surface area is 218 Å². The van der Waals surface area contributed by atoms with E-state index in [1.807, 2.05) is 23.6 Å². The van der Waals surface area contributed by atoms with Crippen molar-refractivity contribution >= 4 is 23.2 Å². The second kappa shape index (κ2) is 9.35. The van der Waals surface area contributed by atoms with E-state index in [0.717, 1.165) is 46.4 Å². The molecule has 0 saturated heterocycles. The maximum Gasteiger partial charge on any atom is 0.416 e. The highest BCUT2D eigenvalue weighted by atomic mass is 19.4. The van der Waals surface area contributed by atoms with Crippen molar-refractivity contribution in [3.05, 3.63) is 83.6 Å². The van der Waals surface area contributed by atoms with Crippen LogP contribution in [0.1, 0.15) is 21.6 Å². The van der Waals surface area contributed by atoms with Gasteiger partial charge in [0.05, 0.1) is 5.56 Å². The van der Waals surface area contributed by atoms with Crippen LogP contribution in [0.25, 0.3) is 22.5 Å². The minimum absolute atomic E-state index is 0.245. The molecule has 3 aliphatic rings. The summed E-state index contributed by atoms with van der Waals surface area (Å²) in [5.74, 6) is 1.14. The third-order valence-corrected chi connectivity index (χ3v) is 6.24. The zero-order valence-corrected chi connectivity index (χ0v) is 20.3. The number of nitrogens with zero attached hydrogens (tertiary/aromatic N) is 6. The molecule has 0 spiro atoms. The van der Waals surface area contributed by atoms with Crippen molar-refractivity contribution in [2.24, 2.45) is 4.99 Å². The fourth-order valence-corrected chi connectivity index (χ4v) is 4.40. The minimum Gasteiger partial charge on any atom is -0.369 e. The van der Waals surface area contributed by atoms with Crippen molar-refractivity contribution in [1.29, 1.82) is 0 Å². The number of carbonyl (C=O) groups is 1. The Balaban J connectivity index is 1.38. The Morgan fingerprint density at radius 2 is 2.00 bits per heavy atom. The smallest absolute Gasteiger partial charge is 0.369 e. The van der Waals surface area contributed by atoms with E-state index in [0.29, 0.717) is 30.4 Å². The molecule has 2 aromatic heterocycles. The molecule has 6 rings (SSSR count). The van der Waals surface area contributed by atoms with E-state index in [4.69, 9.17) is 4.52 Å². The molecule has 0 radical (unpaired) electrons. The monoisotopic (exact) mass is 532 g/mol. The number of pyridine rings is 2. The Morgan fingerprint density at radius 3 is 2.79 bits per heavy atom. The van der Waals surface area contributed by atoms with E-state index in [-0.39, 0.29) is 11.3 Å². The summed E-state index contributed by atoms with van der Waals surface area (Å²) in [6.07, 6.45) is -0.523. The number of benzene rings is 1. The first-order chi connectivity index (χ1) is 18.8. The van der Waals surface area contributed by atoms with E-state index < -0.39 is 17.6 Å². The average Bonchev–Trinajstić information content (AvgIpc) is 3.62. The summed E-state index contributed by atoms with van der Waals surface area (Å²) in [7, 11) is 0. The highest BCUT2D eigenvalue weighted by Gasteiger charge is 2.31. The Bertz CT molecular complexity index is 1750. The lowest BCUT2D eigenvalue weighted by Gasteiger charge is -2.19. The maximum atomic E-state index is 13.1. The lowest BCUT2D eigenvalue weighted by Crippen LogP contribution is -2.17. The van der Waals surface area contributed by atoms with Crippen LogP contribution in [0.2, 0.25) is 0 Å². The molecule has 1 aromatic carbocycles. The molecule has 0 saturated carbocycles. The van der Waals surface area contributed by atoms with E-state index in [1.165, 1.54) is 6.26 Å². The van der Waals surface area contributed by atoms with Gasteiger partial charge in [-0.1, -0.05) is 11.2 Å². The zero-order valence-electron chi connectivity index (χ0n) is 20.3. The molecule has 1 amide bonds. The quantitative estimate of drug-likeness (QED) is 0.345. The van der Waals surface area contributed by atoms with Crippen molar-refractivity contribution in [3.8, 4) is 22.5 Å². The molecule has 2 N–H and O–H groups in total. The van der Waals surface area contributed by atoms with Crippen LogP contribution in [0, 0.1) is 6.92 Å². The maximum absolute atomic E-state index is 13.1. The molecule has 3 aromatic rings. The molecule has 0 unspecified atom stereocenters. The average molecular weight is 532 g/mol. The van der Waals surface area contributed by atoms with Crippen LogP contribution >= 0.6 is 0 Å². The first kappa shape index (κ1) is 24.3. The third kappa shape index (κ3) is 4.69. The number of alkyl halides is 3. The normalized spacial score (nSPS) is 13.4. The summed E-state index contributed by atoms with van der Waals surface area (Å²) >= 11 is 0. The van der Waals surface area contributed by atoms with E-state index >= 15 is 0 Å². The van der Waals surface area contributed by atoms with Crippen LogP contribution in [0.5, 0.6) is 0 Å². The lowest BCUT2D eigenvalue weighted by atomic mass is 9.98. The Kier molecular flexibility index (Phi) is 5.82. The van der Waals surface area contributed by atoms with E-state index in [1.54, 1.807) is 24.4 Å². The second-order valence-corrected chi connectivity index (χ2v) is 8.81. The number of hydrogen-bond donors (Lipinski definition) is 2. The van der Waals surface area contributed by atoms with Gasteiger partial charge in [-0.15, -0.1) is 0 Å². The van der Waals surface area contributed by atoms with Crippen molar-refractivity contribution in [2.75, 3.05) is 17.2 Å². The topological polar surface area (TPSA) is 123 Å².